The van der Waals surface area contributed by atoms with Gasteiger partial charge in [-0.15, -0.1) is 0 Å². The third-order valence-electron chi connectivity index (χ3n) is 1.41. The minimum atomic E-state index is -4.31. The van der Waals surface area contributed by atoms with Crippen LogP contribution in [0.2, 0.25) is 0 Å². The molecule has 0 bridgehead atoms. The molecule has 0 radical (unpaired) electrons. The highest BCUT2D eigenvalue weighted by Crippen LogP contribution is 2.16. The van der Waals surface area contributed by atoms with Gasteiger partial charge in [0.15, 0.2) is 0 Å². The first kappa shape index (κ1) is 12.7. The minimum absolute atomic E-state index is 0.0886. The van der Waals surface area contributed by atoms with E-state index in [-0.39, 0.29) is 13.0 Å². The maximum absolute atomic E-state index is 11.9. The van der Waals surface area contributed by atoms with Crippen molar-refractivity contribution in [3.8, 4) is 0 Å². The summed E-state index contributed by atoms with van der Waals surface area (Å²) < 4.78 is 35.7. The lowest BCUT2D eigenvalue weighted by Crippen LogP contribution is -2.38. The molecule has 0 heterocycles. The van der Waals surface area contributed by atoms with Crippen molar-refractivity contribution in [2.75, 3.05) is 18.4 Å². The summed E-state index contributed by atoms with van der Waals surface area (Å²) in [5.41, 5.74) is 0. The van der Waals surface area contributed by atoms with E-state index in [1.165, 1.54) is 6.92 Å². The Bertz CT molecular complexity index is 172. The van der Waals surface area contributed by atoms with Crippen molar-refractivity contribution in [1.29, 1.82) is 0 Å². The monoisotopic (exact) mass is 261 g/mol. The highest BCUT2D eigenvalue weighted by molar-refractivity contribution is 9.09. The second-order valence-corrected chi connectivity index (χ2v) is 3.26. The number of rotatable bonds is 4. The van der Waals surface area contributed by atoms with Crippen molar-refractivity contribution >= 4 is 21.8 Å². The van der Waals surface area contributed by atoms with Crippen LogP contribution in [-0.4, -0.2) is 35.4 Å². The maximum Gasteiger partial charge on any atom is 0.406 e. The Hall–Kier alpha value is -0.260. The van der Waals surface area contributed by atoms with Crippen molar-refractivity contribution in [2.24, 2.45) is 0 Å². The third kappa shape index (κ3) is 5.90. The SMILES string of the molecule is CCN(CC(F)(F)F)C(=O)CCBr. The van der Waals surface area contributed by atoms with Crippen LogP contribution in [0.5, 0.6) is 0 Å². The molecule has 0 N–H and O–H groups in total. The van der Waals surface area contributed by atoms with E-state index in [4.69, 9.17) is 0 Å². The summed E-state index contributed by atoms with van der Waals surface area (Å²) in [6.45, 7) is 0.457. The molecule has 0 aliphatic carbocycles. The second kappa shape index (κ2) is 5.47. The Morgan fingerprint density at radius 2 is 2.00 bits per heavy atom. The average Bonchev–Trinajstić information content (AvgIpc) is 1.99. The lowest BCUT2D eigenvalue weighted by molar-refractivity contribution is -0.160. The van der Waals surface area contributed by atoms with E-state index >= 15 is 0 Å². The lowest BCUT2D eigenvalue weighted by Gasteiger charge is -2.21. The highest BCUT2D eigenvalue weighted by atomic mass is 79.9. The number of hydrogen-bond donors (Lipinski definition) is 0. The number of carbonyl (C=O) groups excluding carboxylic acids is 1. The Balaban J connectivity index is 4.10. The summed E-state index contributed by atoms with van der Waals surface area (Å²) in [6, 6.07) is 0. The summed E-state index contributed by atoms with van der Waals surface area (Å²) in [7, 11) is 0. The number of halogens is 4. The van der Waals surface area contributed by atoms with E-state index in [0.29, 0.717) is 5.33 Å². The first-order valence-corrected chi connectivity index (χ1v) is 4.93. The summed E-state index contributed by atoms with van der Waals surface area (Å²) >= 11 is 3.00. The van der Waals surface area contributed by atoms with E-state index in [1.54, 1.807) is 0 Å². The van der Waals surface area contributed by atoms with Gasteiger partial charge < -0.3 is 4.90 Å². The van der Waals surface area contributed by atoms with E-state index in [0.717, 1.165) is 4.90 Å². The fraction of sp³-hybridized carbons (Fsp3) is 0.857. The predicted octanol–water partition coefficient (Wildman–Crippen LogP) is 2.18. The van der Waals surface area contributed by atoms with Gasteiger partial charge >= 0.3 is 6.18 Å². The van der Waals surface area contributed by atoms with Crippen molar-refractivity contribution in [3.05, 3.63) is 0 Å². The van der Waals surface area contributed by atoms with Gasteiger partial charge in [0.25, 0.3) is 0 Å². The largest absolute Gasteiger partial charge is 0.406 e. The van der Waals surface area contributed by atoms with Crippen LogP contribution >= 0.6 is 15.9 Å². The summed E-state index contributed by atoms with van der Waals surface area (Å²) in [5, 5.41) is 0.389. The molecule has 2 nitrogen and oxygen atoms in total. The van der Waals surface area contributed by atoms with Gasteiger partial charge in [-0.3, -0.25) is 4.79 Å². The van der Waals surface area contributed by atoms with Gasteiger partial charge in [0.2, 0.25) is 5.91 Å². The Morgan fingerprint density at radius 3 is 2.31 bits per heavy atom. The number of amides is 1. The summed E-state index contributed by atoms with van der Waals surface area (Å²) in [5.74, 6) is -0.475. The molecule has 0 rings (SSSR count). The van der Waals surface area contributed by atoms with Crippen LogP contribution < -0.4 is 0 Å². The lowest BCUT2D eigenvalue weighted by atomic mass is 10.4. The zero-order valence-electron chi connectivity index (χ0n) is 7.20. The van der Waals surface area contributed by atoms with Crippen LogP contribution in [0.25, 0.3) is 0 Å². The molecule has 0 atom stereocenters. The van der Waals surface area contributed by atoms with Gasteiger partial charge in [-0.2, -0.15) is 13.2 Å². The number of alkyl halides is 4. The molecule has 78 valence electrons. The van der Waals surface area contributed by atoms with Crippen molar-refractivity contribution < 1.29 is 18.0 Å². The molecule has 0 aromatic carbocycles. The smallest absolute Gasteiger partial charge is 0.334 e. The van der Waals surface area contributed by atoms with Crippen LogP contribution in [0.1, 0.15) is 13.3 Å². The fourth-order valence-corrected chi connectivity index (χ4v) is 1.17. The van der Waals surface area contributed by atoms with Gasteiger partial charge in [0.1, 0.15) is 6.54 Å². The zero-order chi connectivity index (χ0) is 10.5. The fourth-order valence-electron chi connectivity index (χ4n) is 0.832. The first-order valence-electron chi connectivity index (χ1n) is 3.81. The van der Waals surface area contributed by atoms with Gasteiger partial charge in [0.05, 0.1) is 0 Å². The van der Waals surface area contributed by atoms with Crippen molar-refractivity contribution in [1.82, 2.24) is 4.90 Å². The molecule has 0 saturated heterocycles. The van der Waals surface area contributed by atoms with Crippen LogP contribution in [-0.2, 0) is 4.79 Å². The zero-order valence-corrected chi connectivity index (χ0v) is 8.78. The van der Waals surface area contributed by atoms with Crippen molar-refractivity contribution in [2.45, 2.75) is 19.5 Å². The van der Waals surface area contributed by atoms with Gasteiger partial charge in [0, 0.05) is 18.3 Å². The first-order chi connectivity index (χ1) is 5.90. The molecule has 0 aromatic heterocycles. The third-order valence-corrected chi connectivity index (χ3v) is 1.81. The molecule has 0 spiro atoms. The highest BCUT2D eigenvalue weighted by Gasteiger charge is 2.31. The van der Waals surface area contributed by atoms with E-state index < -0.39 is 18.6 Å². The molecule has 0 unspecified atom stereocenters. The Labute approximate surface area is 83.2 Å². The van der Waals surface area contributed by atoms with Crippen LogP contribution in [0.4, 0.5) is 13.2 Å². The topological polar surface area (TPSA) is 20.3 Å². The number of hydrogen-bond acceptors (Lipinski definition) is 1. The quantitative estimate of drug-likeness (QED) is 0.711. The van der Waals surface area contributed by atoms with Gasteiger partial charge in [-0.05, 0) is 6.92 Å². The number of nitrogens with zero attached hydrogens (tertiary/aromatic N) is 1. The van der Waals surface area contributed by atoms with Crippen molar-refractivity contribution in [3.63, 3.8) is 0 Å². The predicted molar refractivity (Wildman–Crippen MR) is 46.7 cm³/mol. The molecule has 0 aliphatic rings. The molecule has 6 heteroatoms. The molecule has 1 amide bonds. The normalized spacial score (nSPS) is 11.5. The van der Waals surface area contributed by atoms with E-state index in [9.17, 15) is 18.0 Å². The standard InChI is InChI=1S/C7H11BrF3NO/c1-2-12(5-7(9,10)11)6(13)3-4-8/h2-5H2,1H3. The van der Waals surface area contributed by atoms with Crippen LogP contribution in [0, 0.1) is 0 Å². The summed E-state index contributed by atoms with van der Waals surface area (Å²) in [4.78, 5) is 11.8. The molecule has 0 saturated carbocycles. The molecule has 0 aromatic rings. The maximum atomic E-state index is 11.9. The average molecular weight is 262 g/mol. The molecule has 13 heavy (non-hydrogen) atoms. The van der Waals surface area contributed by atoms with E-state index in [2.05, 4.69) is 15.9 Å². The van der Waals surface area contributed by atoms with Crippen LogP contribution in [0.3, 0.4) is 0 Å². The molecule has 0 aliphatic heterocycles. The minimum Gasteiger partial charge on any atom is -0.334 e. The molecular weight excluding hydrogens is 251 g/mol. The van der Waals surface area contributed by atoms with E-state index in [1.807, 2.05) is 0 Å². The second-order valence-electron chi connectivity index (χ2n) is 2.46. The van der Waals surface area contributed by atoms with Gasteiger partial charge in [-0.1, -0.05) is 15.9 Å². The summed E-state index contributed by atoms with van der Waals surface area (Å²) in [6.07, 6.45) is -4.21. The van der Waals surface area contributed by atoms with Crippen LogP contribution in [0.15, 0.2) is 0 Å². The molecular formula is C7H11BrF3NO. The molecule has 0 fully saturated rings. The Morgan fingerprint density at radius 1 is 1.46 bits per heavy atom. The number of carbonyl (C=O) groups is 1. The van der Waals surface area contributed by atoms with Gasteiger partial charge in [-0.25, -0.2) is 0 Å². The Kier molecular flexibility index (Phi) is 5.36.